The molecule has 2 saturated heterocycles. The molecule has 6 nitrogen and oxygen atoms in total. The summed E-state index contributed by atoms with van der Waals surface area (Å²) < 4.78 is 11.0. The molecule has 3 N–H and O–H groups in total. The Labute approximate surface area is 136 Å². The molecule has 6 heteroatoms. The third-order valence-electron chi connectivity index (χ3n) is 4.37. The number of nitrogens with one attached hydrogen (secondary N) is 1. The molecule has 0 radical (unpaired) electrons. The van der Waals surface area contributed by atoms with Gasteiger partial charge < -0.3 is 20.5 Å². The predicted molar refractivity (Wildman–Crippen MR) is 88.1 cm³/mol. The van der Waals surface area contributed by atoms with E-state index in [-0.39, 0.29) is 18.1 Å². The van der Waals surface area contributed by atoms with Crippen LogP contribution in [0, 0.1) is 0 Å². The average Bonchev–Trinajstić information content (AvgIpc) is 3.05. The zero-order valence-electron chi connectivity index (χ0n) is 13.4. The van der Waals surface area contributed by atoms with Crippen LogP contribution in [-0.2, 0) is 20.8 Å². The molecule has 2 aliphatic heterocycles. The Morgan fingerprint density at radius 2 is 2.13 bits per heavy atom. The molecule has 0 unspecified atom stereocenters. The monoisotopic (exact) mass is 319 g/mol. The molecule has 0 aliphatic carbocycles. The summed E-state index contributed by atoms with van der Waals surface area (Å²) >= 11 is 0. The number of carbonyl (C=O) groups is 1. The van der Waals surface area contributed by atoms with Gasteiger partial charge in [-0.15, -0.1) is 0 Å². The molecule has 2 atom stereocenters. The number of nitrogens with zero attached hydrogens (tertiary/aromatic N) is 1. The standard InChI is InChI=1S/C17H25N3O3/c18-11-15-4-5-16(23-15)17(21)19-14-3-1-2-13(10-14)12-20-6-8-22-9-7-20/h1-3,10,15-16H,4-9,11-12,18H2,(H,19,21)/t15-,16+/m1/s1. The molecule has 1 amide bonds. The highest BCUT2D eigenvalue weighted by atomic mass is 16.5. The van der Waals surface area contributed by atoms with Crippen LogP contribution < -0.4 is 11.1 Å². The molecular weight excluding hydrogens is 294 g/mol. The lowest BCUT2D eigenvalue weighted by atomic mass is 10.1. The number of ether oxygens (including phenoxy) is 2. The van der Waals surface area contributed by atoms with Gasteiger partial charge in [-0.2, -0.15) is 0 Å². The van der Waals surface area contributed by atoms with Gasteiger partial charge >= 0.3 is 0 Å². The number of carbonyl (C=O) groups excluding carboxylic acids is 1. The van der Waals surface area contributed by atoms with Gasteiger partial charge in [-0.25, -0.2) is 0 Å². The van der Waals surface area contributed by atoms with Crippen LogP contribution in [0.5, 0.6) is 0 Å². The Morgan fingerprint density at radius 3 is 2.87 bits per heavy atom. The fraction of sp³-hybridized carbons (Fsp3) is 0.588. The number of hydrogen-bond acceptors (Lipinski definition) is 5. The molecule has 1 aromatic rings. The molecule has 2 aliphatic rings. The molecule has 2 heterocycles. The van der Waals surface area contributed by atoms with Gasteiger partial charge in [0.15, 0.2) is 0 Å². The van der Waals surface area contributed by atoms with Crippen molar-refractivity contribution in [1.82, 2.24) is 4.90 Å². The highest BCUT2D eigenvalue weighted by molar-refractivity contribution is 5.94. The van der Waals surface area contributed by atoms with E-state index in [1.165, 1.54) is 5.56 Å². The Hall–Kier alpha value is -1.47. The van der Waals surface area contributed by atoms with Crippen LogP contribution in [0.3, 0.4) is 0 Å². The molecular formula is C17H25N3O3. The number of hydrogen-bond donors (Lipinski definition) is 2. The maximum absolute atomic E-state index is 12.3. The van der Waals surface area contributed by atoms with E-state index in [0.717, 1.165) is 51.4 Å². The van der Waals surface area contributed by atoms with Gasteiger partial charge in [-0.1, -0.05) is 12.1 Å². The topological polar surface area (TPSA) is 76.8 Å². The van der Waals surface area contributed by atoms with Crippen molar-refractivity contribution in [2.45, 2.75) is 31.6 Å². The predicted octanol–water partition coefficient (Wildman–Crippen LogP) is 0.964. The number of amides is 1. The average molecular weight is 319 g/mol. The van der Waals surface area contributed by atoms with Crippen LogP contribution in [0.15, 0.2) is 24.3 Å². The van der Waals surface area contributed by atoms with E-state index in [2.05, 4.69) is 16.3 Å². The minimum Gasteiger partial charge on any atom is -0.379 e. The lowest BCUT2D eigenvalue weighted by Gasteiger charge is -2.26. The van der Waals surface area contributed by atoms with Gasteiger partial charge in [0.05, 0.1) is 19.3 Å². The SMILES string of the molecule is NC[C@H]1CC[C@@H](C(=O)Nc2cccc(CN3CCOCC3)c2)O1. The first-order chi connectivity index (χ1) is 11.2. The lowest BCUT2D eigenvalue weighted by molar-refractivity contribution is -0.126. The quantitative estimate of drug-likeness (QED) is 0.845. The second kappa shape index (κ2) is 7.88. The molecule has 3 rings (SSSR count). The smallest absolute Gasteiger partial charge is 0.253 e. The fourth-order valence-electron chi connectivity index (χ4n) is 3.06. The van der Waals surface area contributed by atoms with E-state index in [4.69, 9.17) is 15.2 Å². The minimum atomic E-state index is -0.383. The van der Waals surface area contributed by atoms with Crippen LogP contribution in [0.1, 0.15) is 18.4 Å². The van der Waals surface area contributed by atoms with Gasteiger partial charge in [0.25, 0.3) is 5.91 Å². The van der Waals surface area contributed by atoms with Gasteiger partial charge in [-0.3, -0.25) is 9.69 Å². The minimum absolute atomic E-state index is 0.0124. The lowest BCUT2D eigenvalue weighted by Crippen LogP contribution is -2.35. The number of rotatable bonds is 5. The van der Waals surface area contributed by atoms with E-state index < -0.39 is 0 Å². The number of anilines is 1. The summed E-state index contributed by atoms with van der Waals surface area (Å²) in [6, 6.07) is 8.00. The summed E-state index contributed by atoms with van der Waals surface area (Å²) in [5.74, 6) is -0.0792. The number of nitrogens with two attached hydrogens (primary N) is 1. The van der Waals surface area contributed by atoms with Crippen molar-refractivity contribution in [3.8, 4) is 0 Å². The largest absolute Gasteiger partial charge is 0.379 e. The van der Waals surface area contributed by atoms with Crippen molar-refractivity contribution in [1.29, 1.82) is 0 Å². The first-order valence-electron chi connectivity index (χ1n) is 8.30. The summed E-state index contributed by atoms with van der Waals surface area (Å²) in [5.41, 5.74) is 7.60. The van der Waals surface area contributed by atoms with Crippen LogP contribution in [0.25, 0.3) is 0 Å². The Kier molecular flexibility index (Phi) is 5.61. The Morgan fingerprint density at radius 1 is 1.30 bits per heavy atom. The van der Waals surface area contributed by atoms with Gasteiger partial charge in [0, 0.05) is 31.9 Å². The highest BCUT2D eigenvalue weighted by Crippen LogP contribution is 2.21. The van der Waals surface area contributed by atoms with Crippen LogP contribution in [0.4, 0.5) is 5.69 Å². The van der Waals surface area contributed by atoms with E-state index >= 15 is 0 Å². The van der Waals surface area contributed by atoms with Crippen LogP contribution in [-0.4, -0.2) is 55.9 Å². The van der Waals surface area contributed by atoms with Crippen molar-refractivity contribution in [2.24, 2.45) is 5.73 Å². The zero-order chi connectivity index (χ0) is 16.1. The first kappa shape index (κ1) is 16.4. The summed E-state index contributed by atoms with van der Waals surface area (Å²) in [6.45, 7) is 4.83. The summed E-state index contributed by atoms with van der Waals surface area (Å²) in [7, 11) is 0. The maximum Gasteiger partial charge on any atom is 0.253 e. The molecule has 2 fully saturated rings. The van der Waals surface area contributed by atoms with Gasteiger partial charge in [-0.05, 0) is 30.5 Å². The Balaban J connectivity index is 1.55. The molecule has 0 saturated carbocycles. The molecule has 0 spiro atoms. The first-order valence-corrected chi connectivity index (χ1v) is 8.30. The van der Waals surface area contributed by atoms with Crippen LogP contribution in [0.2, 0.25) is 0 Å². The Bertz CT molecular complexity index is 532. The normalized spacial score (nSPS) is 25.4. The van der Waals surface area contributed by atoms with E-state index in [0.29, 0.717) is 6.54 Å². The molecule has 1 aromatic carbocycles. The van der Waals surface area contributed by atoms with Crippen molar-refractivity contribution in [3.63, 3.8) is 0 Å². The summed E-state index contributed by atoms with van der Waals surface area (Å²) in [4.78, 5) is 14.6. The maximum atomic E-state index is 12.3. The van der Waals surface area contributed by atoms with Crippen molar-refractivity contribution in [3.05, 3.63) is 29.8 Å². The van der Waals surface area contributed by atoms with Crippen LogP contribution >= 0.6 is 0 Å². The fourth-order valence-corrected chi connectivity index (χ4v) is 3.06. The van der Waals surface area contributed by atoms with Crippen molar-refractivity contribution in [2.75, 3.05) is 38.2 Å². The third kappa shape index (κ3) is 4.51. The van der Waals surface area contributed by atoms with Crippen molar-refractivity contribution >= 4 is 11.6 Å². The summed E-state index contributed by atoms with van der Waals surface area (Å²) in [6.07, 6.45) is 1.22. The second-order valence-electron chi connectivity index (χ2n) is 6.14. The van der Waals surface area contributed by atoms with Crippen molar-refractivity contribution < 1.29 is 14.3 Å². The van der Waals surface area contributed by atoms with E-state index in [1.54, 1.807) is 0 Å². The molecule has 0 aromatic heterocycles. The zero-order valence-corrected chi connectivity index (χ0v) is 13.4. The second-order valence-corrected chi connectivity index (χ2v) is 6.14. The van der Waals surface area contributed by atoms with E-state index in [9.17, 15) is 4.79 Å². The van der Waals surface area contributed by atoms with E-state index in [1.807, 2.05) is 18.2 Å². The van der Waals surface area contributed by atoms with Gasteiger partial charge in [0.1, 0.15) is 6.10 Å². The molecule has 126 valence electrons. The molecule has 23 heavy (non-hydrogen) atoms. The number of morpholine rings is 1. The van der Waals surface area contributed by atoms with Gasteiger partial charge in [0.2, 0.25) is 0 Å². The highest BCUT2D eigenvalue weighted by Gasteiger charge is 2.29. The molecule has 0 bridgehead atoms. The number of benzene rings is 1. The third-order valence-corrected chi connectivity index (χ3v) is 4.37. The summed E-state index contributed by atoms with van der Waals surface area (Å²) in [5, 5.41) is 2.96.